The molecule has 1 aliphatic carbocycles. The van der Waals surface area contributed by atoms with Crippen molar-refractivity contribution < 1.29 is 17.9 Å². The maximum atomic E-state index is 12.5. The van der Waals surface area contributed by atoms with Gasteiger partial charge < -0.3 is 9.64 Å². The van der Waals surface area contributed by atoms with E-state index in [0.717, 1.165) is 31.2 Å². The van der Waals surface area contributed by atoms with Gasteiger partial charge in [-0.15, -0.1) is 0 Å². The summed E-state index contributed by atoms with van der Waals surface area (Å²) in [7, 11) is -3.16. The van der Waals surface area contributed by atoms with Crippen LogP contribution in [-0.4, -0.2) is 49.9 Å². The molecule has 0 radical (unpaired) electrons. The van der Waals surface area contributed by atoms with Crippen molar-refractivity contribution in [2.24, 2.45) is 0 Å². The quantitative estimate of drug-likeness (QED) is 0.781. The first-order valence-electron chi connectivity index (χ1n) is 8.82. The van der Waals surface area contributed by atoms with Gasteiger partial charge in [-0.2, -0.15) is 0 Å². The minimum absolute atomic E-state index is 0.0422. The van der Waals surface area contributed by atoms with Crippen LogP contribution in [0.1, 0.15) is 43.8 Å². The largest absolute Gasteiger partial charge is 0.370 e. The average Bonchev–Trinajstić information content (AvgIpc) is 3.16. The third kappa shape index (κ3) is 4.74. The predicted molar refractivity (Wildman–Crippen MR) is 97.4 cm³/mol. The van der Waals surface area contributed by atoms with Crippen molar-refractivity contribution in [2.75, 3.05) is 25.4 Å². The van der Waals surface area contributed by atoms with E-state index in [1.165, 1.54) is 0 Å². The zero-order valence-electron chi connectivity index (χ0n) is 14.2. The second-order valence-corrected chi connectivity index (χ2v) is 9.61. The lowest BCUT2D eigenvalue weighted by Crippen LogP contribution is -2.43. The smallest absolute Gasteiger partial charge is 0.223 e. The Bertz CT molecular complexity index is 698. The number of benzene rings is 1. The third-order valence-electron chi connectivity index (χ3n) is 5.07. The Labute approximate surface area is 154 Å². The minimum Gasteiger partial charge on any atom is -0.370 e. The van der Waals surface area contributed by atoms with Crippen LogP contribution >= 0.6 is 11.6 Å². The van der Waals surface area contributed by atoms with E-state index in [0.29, 0.717) is 24.7 Å². The summed E-state index contributed by atoms with van der Waals surface area (Å²) in [4.78, 5) is 14.2. The zero-order chi connectivity index (χ0) is 17.9. The molecule has 3 rings (SSSR count). The molecule has 5 nitrogen and oxygen atoms in total. The van der Waals surface area contributed by atoms with Crippen LogP contribution in [0, 0.1) is 0 Å². The fourth-order valence-corrected chi connectivity index (χ4v) is 5.53. The van der Waals surface area contributed by atoms with Gasteiger partial charge in [-0.05, 0) is 30.5 Å². The van der Waals surface area contributed by atoms with E-state index in [1.54, 1.807) is 17.0 Å². The lowest BCUT2D eigenvalue weighted by Gasteiger charge is -2.33. The molecule has 0 aromatic heterocycles. The molecule has 7 heteroatoms. The van der Waals surface area contributed by atoms with E-state index in [2.05, 4.69) is 0 Å². The molecule has 1 unspecified atom stereocenters. The molecule has 1 heterocycles. The number of rotatable bonds is 5. The van der Waals surface area contributed by atoms with Gasteiger partial charge in [-0.25, -0.2) is 8.42 Å². The van der Waals surface area contributed by atoms with Crippen molar-refractivity contribution in [3.63, 3.8) is 0 Å². The topological polar surface area (TPSA) is 63.7 Å². The fourth-order valence-electron chi connectivity index (χ4n) is 3.56. The minimum atomic E-state index is -3.16. The van der Waals surface area contributed by atoms with E-state index in [9.17, 15) is 13.2 Å². The van der Waals surface area contributed by atoms with E-state index in [-0.39, 0.29) is 29.4 Å². The van der Waals surface area contributed by atoms with E-state index < -0.39 is 9.84 Å². The van der Waals surface area contributed by atoms with E-state index in [1.807, 2.05) is 12.1 Å². The molecule has 1 atom stereocenters. The van der Waals surface area contributed by atoms with Crippen molar-refractivity contribution in [3.8, 4) is 0 Å². The van der Waals surface area contributed by atoms with Gasteiger partial charge in [0.05, 0.1) is 24.2 Å². The van der Waals surface area contributed by atoms with Gasteiger partial charge in [0, 0.05) is 18.0 Å². The summed E-state index contributed by atoms with van der Waals surface area (Å²) in [6, 6.07) is 7.39. The number of carbonyl (C=O) groups is 1. The lowest BCUT2D eigenvalue weighted by molar-refractivity contribution is -0.138. The summed E-state index contributed by atoms with van der Waals surface area (Å²) in [5.74, 6) is -0.150. The zero-order valence-corrected chi connectivity index (χ0v) is 15.8. The molecule has 1 aromatic rings. The number of morpholine rings is 1. The maximum Gasteiger partial charge on any atom is 0.223 e. The monoisotopic (exact) mass is 385 g/mol. The van der Waals surface area contributed by atoms with Crippen molar-refractivity contribution >= 4 is 27.3 Å². The van der Waals surface area contributed by atoms with Crippen molar-refractivity contribution in [3.05, 3.63) is 34.9 Å². The summed E-state index contributed by atoms with van der Waals surface area (Å²) in [6.07, 6.45) is 3.31. The van der Waals surface area contributed by atoms with Crippen molar-refractivity contribution in [1.29, 1.82) is 0 Å². The Kier molecular flexibility index (Phi) is 6.02. The first kappa shape index (κ1) is 18.7. The Morgan fingerprint density at radius 3 is 2.56 bits per heavy atom. The normalized spacial score (nSPS) is 22.3. The van der Waals surface area contributed by atoms with Gasteiger partial charge in [-0.1, -0.05) is 36.6 Å². The molecule has 1 saturated heterocycles. The van der Waals surface area contributed by atoms with Gasteiger partial charge in [0.1, 0.15) is 6.10 Å². The standard InChI is InChI=1S/C18H24ClNO4S/c19-15-7-5-14(6-8-15)17-13-20(10-11-24-17)18(21)9-12-25(22,23)16-3-1-2-4-16/h5-8,16-17H,1-4,9-13H2. The molecule has 1 aromatic carbocycles. The number of hydrogen-bond donors (Lipinski definition) is 0. The molecule has 1 aliphatic heterocycles. The summed E-state index contributed by atoms with van der Waals surface area (Å²) in [5.41, 5.74) is 0.973. The molecule has 0 bridgehead atoms. The summed E-state index contributed by atoms with van der Waals surface area (Å²) < 4.78 is 30.4. The van der Waals surface area contributed by atoms with Crippen LogP contribution in [0.15, 0.2) is 24.3 Å². The molecule has 138 valence electrons. The second kappa shape index (κ2) is 8.06. The maximum absolute atomic E-state index is 12.5. The van der Waals surface area contributed by atoms with Gasteiger partial charge in [0.25, 0.3) is 0 Å². The highest BCUT2D eigenvalue weighted by Crippen LogP contribution is 2.27. The van der Waals surface area contributed by atoms with Gasteiger partial charge in [0.15, 0.2) is 9.84 Å². The van der Waals surface area contributed by atoms with Crippen LogP contribution in [0.3, 0.4) is 0 Å². The Morgan fingerprint density at radius 1 is 1.20 bits per heavy atom. The number of amides is 1. The van der Waals surface area contributed by atoms with Gasteiger partial charge in [0.2, 0.25) is 5.91 Å². The molecule has 1 amide bonds. The molecule has 0 spiro atoms. The Morgan fingerprint density at radius 2 is 1.88 bits per heavy atom. The number of carbonyl (C=O) groups excluding carboxylic acids is 1. The Balaban J connectivity index is 1.55. The van der Waals surface area contributed by atoms with Crippen LogP contribution in [0.25, 0.3) is 0 Å². The van der Waals surface area contributed by atoms with Gasteiger partial charge >= 0.3 is 0 Å². The van der Waals surface area contributed by atoms with Crippen LogP contribution in [0.5, 0.6) is 0 Å². The number of halogens is 1. The SMILES string of the molecule is O=C(CCS(=O)(=O)C1CCCC1)N1CCOC(c2ccc(Cl)cc2)C1. The van der Waals surface area contributed by atoms with Gasteiger partial charge in [-0.3, -0.25) is 4.79 Å². The second-order valence-electron chi connectivity index (χ2n) is 6.77. The molecule has 0 N–H and O–H groups in total. The first-order valence-corrected chi connectivity index (χ1v) is 10.9. The molecule has 25 heavy (non-hydrogen) atoms. The number of hydrogen-bond acceptors (Lipinski definition) is 4. The Hall–Kier alpha value is -1.11. The first-order chi connectivity index (χ1) is 12.0. The number of ether oxygens (including phenoxy) is 1. The predicted octanol–water partition coefficient (Wildman–Crippen LogP) is 2.99. The molecular formula is C18H24ClNO4S. The van der Waals surface area contributed by atoms with Crippen molar-refractivity contribution in [2.45, 2.75) is 43.5 Å². The molecule has 2 aliphatic rings. The van der Waals surface area contributed by atoms with E-state index >= 15 is 0 Å². The molecular weight excluding hydrogens is 362 g/mol. The van der Waals surface area contributed by atoms with Crippen molar-refractivity contribution in [1.82, 2.24) is 4.90 Å². The highest BCUT2D eigenvalue weighted by molar-refractivity contribution is 7.92. The summed E-state index contributed by atoms with van der Waals surface area (Å²) in [5, 5.41) is 0.413. The van der Waals surface area contributed by atoms with Crippen LogP contribution in [-0.2, 0) is 19.4 Å². The van der Waals surface area contributed by atoms with Crippen LogP contribution < -0.4 is 0 Å². The van der Waals surface area contributed by atoms with Crippen LogP contribution in [0.4, 0.5) is 0 Å². The third-order valence-corrected chi connectivity index (χ3v) is 7.58. The molecule has 2 fully saturated rings. The lowest BCUT2D eigenvalue weighted by atomic mass is 10.1. The van der Waals surface area contributed by atoms with Crippen LogP contribution in [0.2, 0.25) is 5.02 Å². The summed E-state index contributed by atoms with van der Waals surface area (Å²) in [6.45, 7) is 1.41. The summed E-state index contributed by atoms with van der Waals surface area (Å²) >= 11 is 5.91. The highest BCUT2D eigenvalue weighted by atomic mass is 35.5. The van der Waals surface area contributed by atoms with E-state index in [4.69, 9.17) is 16.3 Å². The highest BCUT2D eigenvalue weighted by Gasteiger charge is 2.31. The average molecular weight is 386 g/mol. The number of sulfone groups is 1. The fraction of sp³-hybridized carbons (Fsp3) is 0.611. The molecule has 1 saturated carbocycles. The number of nitrogens with zero attached hydrogens (tertiary/aromatic N) is 1.